The van der Waals surface area contributed by atoms with Crippen molar-refractivity contribution in [3.05, 3.63) is 90.2 Å². The third-order valence-electron chi connectivity index (χ3n) is 9.55. The van der Waals surface area contributed by atoms with Gasteiger partial charge in [0.1, 0.15) is 5.75 Å². The average molecular weight is 598 g/mol. The van der Waals surface area contributed by atoms with Crippen molar-refractivity contribution in [3.63, 3.8) is 0 Å². The molecule has 1 amide bonds. The van der Waals surface area contributed by atoms with Gasteiger partial charge in [0.15, 0.2) is 0 Å². The Balaban J connectivity index is 0.000000259. The molecule has 0 unspecified atom stereocenters. The van der Waals surface area contributed by atoms with Crippen LogP contribution >= 0.6 is 0 Å². The van der Waals surface area contributed by atoms with Gasteiger partial charge in [0.05, 0.1) is 0 Å². The summed E-state index contributed by atoms with van der Waals surface area (Å²) in [7, 11) is 0. The first kappa shape index (κ1) is 35.1. The van der Waals surface area contributed by atoms with Crippen LogP contribution in [0, 0.1) is 17.8 Å². The normalized spacial score (nSPS) is 21.8. The summed E-state index contributed by atoms with van der Waals surface area (Å²) in [6.07, 6.45) is 17.2. The van der Waals surface area contributed by atoms with E-state index in [0.717, 1.165) is 60.1 Å². The first-order valence-electron chi connectivity index (χ1n) is 16.8. The molecule has 0 bridgehead atoms. The summed E-state index contributed by atoms with van der Waals surface area (Å²) < 4.78 is 4.85. The largest absolute Gasteiger partial charge is 0.429 e. The summed E-state index contributed by atoms with van der Waals surface area (Å²) >= 11 is 0. The number of rotatable bonds is 12. The van der Waals surface area contributed by atoms with Crippen LogP contribution in [0.25, 0.3) is 11.1 Å². The third kappa shape index (κ3) is 11.6. The number of hydrogen-bond donors (Lipinski definition) is 1. The van der Waals surface area contributed by atoms with Gasteiger partial charge in [0.25, 0.3) is 6.47 Å². The van der Waals surface area contributed by atoms with Gasteiger partial charge < -0.3 is 10.1 Å². The smallest absolute Gasteiger partial charge is 0.298 e. The highest BCUT2D eigenvalue weighted by atomic mass is 16.5. The average Bonchev–Trinajstić information content (AvgIpc) is 3.03. The van der Waals surface area contributed by atoms with Crippen LogP contribution in [-0.2, 0) is 9.59 Å². The van der Waals surface area contributed by atoms with Crippen molar-refractivity contribution < 1.29 is 14.3 Å². The highest BCUT2D eigenvalue weighted by molar-refractivity contribution is 5.80. The first-order valence-corrected chi connectivity index (χ1v) is 16.8. The van der Waals surface area contributed by atoms with Crippen molar-refractivity contribution >= 4 is 12.4 Å². The third-order valence-corrected chi connectivity index (χ3v) is 9.55. The number of allylic oxidation sites excluding steroid dienone is 3. The number of unbranched alkanes of at least 4 members (excludes halogenated alkanes) is 2. The van der Waals surface area contributed by atoms with Crippen LogP contribution in [-0.4, -0.2) is 12.4 Å². The maximum atomic E-state index is 12.0. The van der Waals surface area contributed by atoms with Gasteiger partial charge in [-0.1, -0.05) is 94.7 Å². The summed E-state index contributed by atoms with van der Waals surface area (Å²) in [5.74, 6) is 3.33. The first-order chi connectivity index (χ1) is 21.2. The molecule has 1 N–H and O–H groups in total. The topological polar surface area (TPSA) is 55.4 Å². The molecule has 2 saturated carbocycles. The molecule has 2 aliphatic carbocycles. The van der Waals surface area contributed by atoms with E-state index in [1.807, 2.05) is 44.2 Å². The van der Waals surface area contributed by atoms with E-state index < -0.39 is 0 Å². The number of carbonyl (C=O) groups excluding carboxylic acids is 2. The quantitative estimate of drug-likeness (QED) is 0.150. The molecule has 2 aromatic carbocycles. The number of ether oxygens (including phenoxy) is 1. The minimum absolute atomic E-state index is 0.123. The van der Waals surface area contributed by atoms with Crippen LogP contribution < -0.4 is 10.1 Å². The second-order valence-electron chi connectivity index (χ2n) is 13.2. The van der Waals surface area contributed by atoms with Crippen molar-refractivity contribution in [1.29, 1.82) is 0 Å². The van der Waals surface area contributed by atoms with Gasteiger partial charge in [0.2, 0.25) is 5.91 Å². The molecule has 2 fully saturated rings. The SMILES string of the molecule is C=C(/C=C(/C)C(=C)C)NC(=O)C1CCC(C)CC1.CCCCCC1CCC(c2ccc(-c3ccc(OC=O)cc3)cc2)CC1. The maximum absolute atomic E-state index is 12.0. The van der Waals surface area contributed by atoms with Crippen LogP contribution in [0.5, 0.6) is 5.75 Å². The molecule has 0 radical (unpaired) electrons. The van der Waals surface area contributed by atoms with Gasteiger partial charge in [0, 0.05) is 11.6 Å². The van der Waals surface area contributed by atoms with Crippen LogP contribution in [0.1, 0.15) is 116 Å². The van der Waals surface area contributed by atoms with Crippen LogP contribution in [0.4, 0.5) is 0 Å². The predicted octanol–water partition coefficient (Wildman–Crippen LogP) is 10.7. The fourth-order valence-electron chi connectivity index (χ4n) is 6.40. The minimum atomic E-state index is 0.123. The van der Waals surface area contributed by atoms with Crippen molar-refractivity contribution in [1.82, 2.24) is 5.32 Å². The number of carbonyl (C=O) groups is 2. The molecule has 2 aromatic rings. The Morgan fingerprint density at radius 1 is 0.864 bits per heavy atom. The zero-order valence-electron chi connectivity index (χ0n) is 27.7. The fraction of sp³-hybridized carbons (Fsp3) is 0.500. The molecule has 4 rings (SSSR count). The van der Waals surface area contributed by atoms with Crippen LogP contribution in [0.3, 0.4) is 0 Å². The van der Waals surface area contributed by atoms with E-state index in [1.165, 1.54) is 62.5 Å². The Kier molecular flexibility index (Phi) is 14.7. The van der Waals surface area contributed by atoms with Gasteiger partial charge in [-0.25, -0.2) is 0 Å². The second kappa shape index (κ2) is 18.4. The summed E-state index contributed by atoms with van der Waals surface area (Å²) in [4.78, 5) is 22.4. The number of benzene rings is 2. The molecular formula is C40H55NO3. The lowest BCUT2D eigenvalue weighted by molar-refractivity contribution is -0.125. The fourth-order valence-corrected chi connectivity index (χ4v) is 6.40. The molecule has 44 heavy (non-hydrogen) atoms. The highest BCUT2D eigenvalue weighted by Crippen LogP contribution is 2.38. The standard InChI is InChI=1S/C24H30O2.C16H25NO/c1-2-3-4-5-19-6-8-20(9-7-19)21-10-12-22(13-11-21)23-14-16-24(17-15-23)26-18-25;1-11(2)13(4)10-14(5)17-16(18)15-8-6-12(3)7-9-15/h10-20H,2-9H2,1H3;10,12,15H,1,5-9H2,2-4H3,(H,17,18)/b;13-10-. The lowest BCUT2D eigenvalue weighted by atomic mass is 9.77. The molecule has 0 saturated heterocycles. The lowest BCUT2D eigenvalue weighted by Crippen LogP contribution is -2.31. The van der Waals surface area contributed by atoms with E-state index in [2.05, 4.69) is 56.6 Å². The van der Waals surface area contributed by atoms with Crippen molar-refractivity contribution in [2.45, 2.75) is 111 Å². The van der Waals surface area contributed by atoms with E-state index >= 15 is 0 Å². The van der Waals surface area contributed by atoms with Crippen molar-refractivity contribution in [2.24, 2.45) is 17.8 Å². The van der Waals surface area contributed by atoms with Crippen LogP contribution in [0.2, 0.25) is 0 Å². The van der Waals surface area contributed by atoms with Gasteiger partial charge in [-0.3, -0.25) is 9.59 Å². The Hall–Kier alpha value is -3.40. The van der Waals surface area contributed by atoms with Gasteiger partial charge in [-0.2, -0.15) is 0 Å². The highest BCUT2D eigenvalue weighted by Gasteiger charge is 2.24. The van der Waals surface area contributed by atoms with Crippen molar-refractivity contribution in [2.75, 3.05) is 0 Å². The van der Waals surface area contributed by atoms with Crippen LogP contribution in [0.15, 0.2) is 84.6 Å². The maximum Gasteiger partial charge on any atom is 0.298 e. The number of amides is 1. The summed E-state index contributed by atoms with van der Waals surface area (Å²) in [5, 5.41) is 2.90. The van der Waals surface area contributed by atoms with E-state index in [9.17, 15) is 9.59 Å². The predicted molar refractivity (Wildman–Crippen MR) is 184 cm³/mol. The molecule has 2 aliphatic rings. The van der Waals surface area contributed by atoms with Gasteiger partial charge in [-0.15, -0.1) is 0 Å². The summed E-state index contributed by atoms with van der Waals surface area (Å²) in [6, 6.07) is 16.7. The minimum Gasteiger partial charge on any atom is -0.429 e. The molecule has 0 atom stereocenters. The molecule has 0 aliphatic heterocycles. The summed E-state index contributed by atoms with van der Waals surface area (Å²) in [5.41, 5.74) is 6.56. The number of hydrogen-bond acceptors (Lipinski definition) is 3. The molecule has 0 aromatic heterocycles. The number of nitrogens with one attached hydrogen (secondary N) is 1. The zero-order chi connectivity index (χ0) is 31.9. The Morgan fingerprint density at radius 3 is 2.00 bits per heavy atom. The molecule has 4 heteroatoms. The molecule has 0 heterocycles. The van der Waals surface area contributed by atoms with Gasteiger partial charge in [-0.05, 0) is 123 Å². The second-order valence-corrected chi connectivity index (χ2v) is 13.2. The lowest BCUT2D eigenvalue weighted by Gasteiger charge is -2.29. The molecule has 238 valence electrons. The van der Waals surface area contributed by atoms with E-state index in [0.29, 0.717) is 17.9 Å². The molecular weight excluding hydrogens is 542 g/mol. The molecule has 0 spiro atoms. The molecule has 4 nitrogen and oxygen atoms in total. The Morgan fingerprint density at radius 2 is 1.45 bits per heavy atom. The Bertz CT molecular complexity index is 1220. The van der Waals surface area contributed by atoms with Crippen molar-refractivity contribution in [3.8, 4) is 16.9 Å². The summed E-state index contributed by atoms with van der Waals surface area (Å²) in [6.45, 7) is 16.7. The zero-order valence-corrected chi connectivity index (χ0v) is 27.7. The van der Waals surface area contributed by atoms with E-state index in [-0.39, 0.29) is 11.8 Å². The van der Waals surface area contributed by atoms with Gasteiger partial charge >= 0.3 is 0 Å². The van der Waals surface area contributed by atoms with E-state index in [1.54, 1.807) is 0 Å². The monoisotopic (exact) mass is 597 g/mol. The van der Waals surface area contributed by atoms with E-state index in [4.69, 9.17) is 4.74 Å². The Labute approximate surface area is 267 Å².